The molecule has 0 atom stereocenters. The third kappa shape index (κ3) is 25.2. The van der Waals surface area contributed by atoms with Crippen LogP contribution >= 0.6 is 141 Å². The number of fused-ring (bicyclic) bond motifs is 4. The van der Waals surface area contributed by atoms with Gasteiger partial charge in [-0.25, -0.2) is 26.3 Å². The molecule has 571 valence electrons. The molecular formula is C85H69B3Br6Cl2F6IO8. The van der Waals surface area contributed by atoms with E-state index in [-0.39, 0.29) is 43.4 Å². The fourth-order valence-corrected chi connectivity index (χ4v) is 13.5. The van der Waals surface area contributed by atoms with Crippen molar-refractivity contribution in [3.63, 3.8) is 0 Å². The molecule has 0 aliphatic carbocycles. The van der Waals surface area contributed by atoms with Gasteiger partial charge in [0.25, 0.3) is 0 Å². The third-order valence-electron chi connectivity index (χ3n) is 16.9. The monoisotopic (exact) mass is 2030 g/mol. The normalized spacial score (nSPS) is 10.3. The number of alkyl halides is 2. The highest BCUT2D eigenvalue weighted by Gasteiger charge is 2.21. The van der Waals surface area contributed by atoms with E-state index in [0.717, 1.165) is 79.9 Å². The maximum absolute atomic E-state index is 14.4. The smallest absolute Gasteiger partial charge is 0.537 e. The quantitative estimate of drug-likeness (QED) is 0.0387. The zero-order chi connectivity index (χ0) is 81.2. The Morgan fingerprint density at radius 1 is 0.369 bits per heavy atom. The lowest BCUT2D eigenvalue weighted by Gasteiger charge is -2.15. The largest absolute Gasteiger partial charge is 0.569 e. The number of rotatable bonds is 11. The molecule has 14 aromatic rings. The topological polar surface area (TPSA) is 107 Å². The summed E-state index contributed by atoms with van der Waals surface area (Å²) in [5.74, 6) is 1.41. The van der Waals surface area contributed by atoms with Crippen molar-refractivity contribution in [1.29, 1.82) is 0 Å². The Bertz CT molecular complexity index is 5470. The molecular weight excluding hydrogens is 1970 g/mol. The van der Waals surface area contributed by atoms with E-state index in [9.17, 15) is 36.4 Å². The van der Waals surface area contributed by atoms with Crippen molar-refractivity contribution < 1.29 is 65.0 Å². The van der Waals surface area contributed by atoms with Gasteiger partial charge >= 0.3 is 18.0 Å². The summed E-state index contributed by atoms with van der Waals surface area (Å²) in [5.41, 5.74) is 9.56. The van der Waals surface area contributed by atoms with E-state index in [1.165, 1.54) is 49.1 Å². The lowest BCUT2D eigenvalue weighted by Crippen LogP contribution is -2.31. The highest BCUT2D eigenvalue weighted by molar-refractivity contribution is 14.1. The summed E-state index contributed by atoms with van der Waals surface area (Å²) in [7, 11) is 5.40. The highest BCUT2D eigenvalue weighted by Crippen LogP contribution is 2.42. The molecule has 0 saturated carbocycles. The van der Waals surface area contributed by atoms with E-state index in [1.807, 2.05) is 140 Å². The first-order valence-corrected chi connectivity index (χ1v) is 40.5. The minimum Gasteiger partial charge on any atom is -0.537 e. The first-order valence-electron chi connectivity index (χ1n) is 33.2. The molecule has 14 rings (SSSR count). The lowest BCUT2D eigenvalue weighted by atomic mass is 9.78. The van der Waals surface area contributed by atoms with Crippen molar-refractivity contribution >= 4 is 207 Å². The maximum atomic E-state index is 14.4. The molecule has 0 spiro atoms. The van der Waals surface area contributed by atoms with Gasteiger partial charge in [-0.2, -0.15) is 0 Å². The fourth-order valence-electron chi connectivity index (χ4n) is 11.6. The highest BCUT2D eigenvalue weighted by atomic mass is 127. The van der Waals surface area contributed by atoms with Gasteiger partial charge in [-0.1, -0.05) is 159 Å². The molecule has 3 N–H and O–H groups in total. The van der Waals surface area contributed by atoms with Gasteiger partial charge in [0.05, 0.1) is 38.3 Å². The third-order valence-corrected chi connectivity index (χ3v) is 19.4. The van der Waals surface area contributed by atoms with Crippen LogP contribution in [0.5, 0.6) is 28.7 Å². The SMILES string of the molecule is BrB(Br)Br.COc1cc2c(C)c(-c3cc(Br)ccc3F)ccc2cc1-c1ccccc1F.COc1cc2c(C)c(O[B]O)ccc2cc1-c1ccccc1F.COc1cc2c(C)cccc2cc1-c1ccccc1F.COc1cc2c(C)cccc2cc1B(O)O.ClCCl.Fc1ccc(Br)cc1I.Fc1ccccc1Br. The van der Waals surface area contributed by atoms with Gasteiger partial charge < -0.3 is 38.7 Å². The lowest BCUT2D eigenvalue weighted by molar-refractivity contribution is 0.403. The first-order chi connectivity index (χ1) is 53.1. The average molecular weight is 2040 g/mol. The molecule has 0 fully saturated rings. The molecule has 111 heavy (non-hydrogen) atoms. The Morgan fingerprint density at radius 3 is 1.14 bits per heavy atom. The van der Waals surface area contributed by atoms with Crippen LogP contribution in [0, 0.1) is 66.2 Å². The zero-order valence-corrected chi connectivity index (χ0v) is 73.8. The molecule has 0 aliphatic rings. The number of hydrogen-bond donors (Lipinski definition) is 3. The summed E-state index contributed by atoms with van der Waals surface area (Å²) in [6.45, 7) is 7.92. The second-order valence-corrected chi connectivity index (χ2v) is 34.8. The minimum absolute atomic E-state index is 0.168. The van der Waals surface area contributed by atoms with Gasteiger partial charge in [0.15, 0.2) is 0 Å². The van der Waals surface area contributed by atoms with Crippen molar-refractivity contribution in [3.05, 3.63) is 317 Å². The molecule has 0 aromatic heterocycles. The first kappa shape index (κ1) is 91.1. The number of benzene rings is 14. The molecule has 1 radical (unpaired) electrons. The molecule has 0 bridgehead atoms. The van der Waals surface area contributed by atoms with Crippen LogP contribution in [0.2, 0.25) is 0 Å². The predicted octanol–water partition coefficient (Wildman–Crippen LogP) is 26.6. The Balaban J connectivity index is 0.000000189. The van der Waals surface area contributed by atoms with Crippen molar-refractivity contribution in [2.75, 3.05) is 33.8 Å². The summed E-state index contributed by atoms with van der Waals surface area (Å²) < 4.78 is 111. The van der Waals surface area contributed by atoms with Crippen LogP contribution in [-0.2, 0) is 0 Å². The van der Waals surface area contributed by atoms with Gasteiger partial charge in [0.2, 0.25) is 0 Å². The molecule has 26 heteroatoms. The van der Waals surface area contributed by atoms with Crippen LogP contribution in [-0.4, -0.2) is 66.8 Å². The number of aryl methyl sites for hydroxylation is 4. The van der Waals surface area contributed by atoms with E-state index >= 15 is 0 Å². The Kier molecular flexibility index (Phi) is 37.1. The van der Waals surface area contributed by atoms with E-state index in [1.54, 1.807) is 124 Å². The van der Waals surface area contributed by atoms with Crippen molar-refractivity contribution in [3.8, 4) is 73.3 Å². The van der Waals surface area contributed by atoms with Crippen molar-refractivity contribution in [2.45, 2.75) is 27.7 Å². The van der Waals surface area contributed by atoms with Crippen molar-refractivity contribution in [1.82, 2.24) is 0 Å². The van der Waals surface area contributed by atoms with Crippen LogP contribution in [0.1, 0.15) is 22.3 Å². The molecule has 8 nitrogen and oxygen atoms in total. The molecule has 0 heterocycles. The van der Waals surface area contributed by atoms with Crippen molar-refractivity contribution in [2.24, 2.45) is 0 Å². The summed E-state index contributed by atoms with van der Waals surface area (Å²) in [5, 5.41) is 35.5. The van der Waals surface area contributed by atoms with E-state index in [2.05, 4.69) is 108 Å². The number of methoxy groups -OCH3 is 4. The number of halogens is 15. The average Bonchev–Trinajstić information content (AvgIpc) is 0.773. The fraction of sp³-hybridized carbons (Fsp3) is 0.106. The van der Waals surface area contributed by atoms with E-state index in [0.29, 0.717) is 83.3 Å². The predicted molar refractivity (Wildman–Crippen MR) is 479 cm³/mol. The van der Waals surface area contributed by atoms with Gasteiger partial charge in [0, 0.05) is 56.9 Å². The van der Waals surface area contributed by atoms with Crippen LogP contribution in [0.15, 0.2) is 256 Å². The van der Waals surface area contributed by atoms with Crippen LogP contribution in [0.3, 0.4) is 0 Å². The summed E-state index contributed by atoms with van der Waals surface area (Å²) in [6.07, 6.45) is 0. The Morgan fingerprint density at radius 2 is 0.739 bits per heavy atom. The van der Waals surface area contributed by atoms with Gasteiger partial charge in [-0.15, -0.1) is 70.5 Å². The number of ether oxygens (including phenoxy) is 4. The maximum Gasteiger partial charge on any atom is 0.569 e. The second kappa shape index (κ2) is 45.2. The summed E-state index contributed by atoms with van der Waals surface area (Å²) in [4.78, 5) is 0. The molecule has 0 unspecified atom stereocenters. The van der Waals surface area contributed by atoms with Crippen LogP contribution < -0.4 is 29.1 Å². The second-order valence-electron chi connectivity index (χ2n) is 23.7. The van der Waals surface area contributed by atoms with E-state index < -0.39 is 7.12 Å². The zero-order valence-electron chi connectivity index (χ0n) is 60.6. The van der Waals surface area contributed by atoms with Gasteiger partial charge in [-0.3, -0.25) is 0 Å². The molecule has 0 aliphatic heterocycles. The van der Waals surface area contributed by atoms with Crippen LogP contribution in [0.25, 0.3) is 87.6 Å². The molecule has 0 saturated heterocycles. The standard InChI is InChI=1S/C24H17BrF2O.C18H15BFO3.C18H15FO.C12H13BO3.C6H3BrFI.C6H4BrF.CH2Cl2.BBr3/c1-14-17(20-12-16(25)8-10-23(20)27)9-7-15-11-21(24(28-2)13-19(14)15)18-5-3-4-6-22(18)26;1-11-14-10-18(22-2)15(13-5-3-4-6-16(13)20)9-12(14)7-8-17(11)23-19-21;1-12-6-5-7-13-10-16(18(20-2)11-15(12)13)14-8-3-4-9-17(14)19;1-8-4-3-5-9-6-11(13(14)15)12(16-2)7-10(8)9;7-4-1-2-5(8)6(9)3-4;7-5-3-1-2-4-6(5)8;2-1-3;2-1(3)4/h3-13H,1-2H3;3-10,21H,1-2H3;3-11H,1-2H3;3-7,14-15H,1-2H3;1-3H;1-4H;1H2;. The van der Waals surface area contributed by atoms with Crippen LogP contribution in [0.4, 0.5) is 26.3 Å². The number of hydrogen-bond acceptors (Lipinski definition) is 8. The summed E-state index contributed by atoms with van der Waals surface area (Å²) in [6, 6.07) is 70.8. The Labute approximate surface area is 716 Å². The summed E-state index contributed by atoms with van der Waals surface area (Å²) >= 11 is 30.4. The molecule has 14 aromatic carbocycles. The minimum atomic E-state index is -1.51. The van der Waals surface area contributed by atoms with E-state index in [4.69, 9.17) is 51.8 Å². The Hall–Kier alpha value is -7.04. The van der Waals surface area contributed by atoms with Gasteiger partial charge in [0.1, 0.15) is 63.7 Å². The van der Waals surface area contributed by atoms with Gasteiger partial charge in [-0.05, 0) is 252 Å². The molecule has 0 amide bonds.